The molecule has 2 saturated heterocycles. The minimum atomic E-state index is 0.609. The lowest BCUT2D eigenvalue weighted by Crippen LogP contribution is -2.30. The molecule has 1 aromatic rings. The monoisotopic (exact) mass is 289 g/mol. The van der Waals surface area contributed by atoms with Gasteiger partial charge in [-0.3, -0.25) is 4.90 Å². The van der Waals surface area contributed by atoms with Crippen LogP contribution in [0, 0.1) is 0 Å². The zero-order valence-corrected chi connectivity index (χ0v) is 13.1. The number of ether oxygens (including phenoxy) is 1. The first kappa shape index (κ1) is 14.8. The van der Waals surface area contributed by atoms with Crippen molar-refractivity contribution in [3.63, 3.8) is 0 Å². The Kier molecular flexibility index (Phi) is 5.09. The van der Waals surface area contributed by atoms with Crippen LogP contribution in [0.25, 0.3) is 0 Å². The van der Waals surface area contributed by atoms with Crippen molar-refractivity contribution in [3.8, 4) is 5.88 Å². The lowest BCUT2D eigenvalue weighted by atomic mass is 9.92. The molecule has 21 heavy (non-hydrogen) atoms. The molecule has 4 heteroatoms. The van der Waals surface area contributed by atoms with Crippen molar-refractivity contribution >= 4 is 0 Å². The van der Waals surface area contributed by atoms with Crippen LogP contribution in [0.2, 0.25) is 0 Å². The van der Waals surface area contributed by atoms with Gasteiger partial charge in [0, 0.05) is 24.8 Å². The zero-order chi connectivity index (χ0) is 14.5. The molecular weight excluding hydrogens is 262 g/mol. The van der Waals surface area contributed by atoms with Crippen LogP contribution in [0.3, 0.4) is 0 Å². The van der Waals surface area contributed by atoms with Gasteiger partial charge >= 0.3 is 0 Å². The van der Waals surface area contributed by atoms with E-state index in [1.807, 2.05) is 6.20 Å². The third kappa shape index (κ3) is 3.74. The molecule has 0 spiro atoms. The summed E-state index contributed by atoms with van der Waals surface area (Å²) >= 11 is 0. The van der Waals surface area contributed by atoms with Gasteiger partial charge in [0.15, 0.2) is 0 Å². The summed E-state index contributed by atoms with van der Waals surface area (Å²) in [5.41, 5.74) is 2.62. The van der Waals surface area contributed by atoms with E-state index in [-0.39, 0.29) is 0 Å². The number of nitrogens with zero attached hydrogens (tertiary/aromatic N) is 2. The molecule has 3 rings (SSSR count). The molecule has 0 radical (unpaired) electrons. The number of aromatic nitrogens is 1. The van der Waals surface area contributed by atoms with E-state index in [9.17, 15) is 0 Å². The van der Waals surface area contributed by atoms with Crippen molar-refractivity contribution in [2.45, 2.75) is 44.6 Å². The van der Waals surface area contributed by atoms with Crippen LogP contribution in [0.15, 0.2) is 12.3 Å². The topological polar surface area (TPSA) is 37.4 Å². The lowest BCUT2D eigenvalue weighted by Gasteiger charge is -2.28. The number of rotatable bonds is 4. The maximum absolute atomic E-state index is 5.48. The predicted molar refractivity (Wildman–Crippen MR) is 84.8 cm³/mol. The van der Waals surface area contributed by atoms with E-state index in [4.69, 9.17) is 4.74 Å². The van der Waals surface area contributed by atoms with Gasteiger partial charge < -0.3 is 10.1 Å². The summed E-state index contributed by atoms with van der Waals surface area (Å²) in [4.78, 5) is 7.09. The number of nitrogens with one attached hydrogen (secondary N) is 1. The first-order valence-corrected chi connectivity index (χ1v) is 8.32. The molecule has 3 heterocycles. The molecule has 2 aliphatic heterocycles. The second-order valence-electron chi connectivity index (χ2n) is 6.32. The van der Waals surface area contributed by atoms with E-state index in [0.29, 0.717) is 5.92 Å². The fourth-order valence-corrected chi connectivity index (χ4v) is 3.53. The fourth-order valence-electron chi connectivity index (χ4n) is 3.53. The normalized spacial score (nSPS) is 24.0. The Morgan fingerprint density at radius 3 is 2.86 bits per heavy atom. The van der Waals surface area contributed by atoms with Crippen LogP contribution in [0.1, 0.15) is 49.1 Å². The highest BCUT2D eigenvalue weighted by Crippen LogP contribution is 2.27. The van der Waals surface area contributed by atoms with Gasteiger partial charge in [-0.1, -0.05) is 6.42 Å². The van der Waals surface area contributed by atoms with E-state index >= 15 is 0 Å². The van der Waals surface area contributed by atoms with E-state index in [2.05, 4.69) is 21.3 Å². The SMILES string of the molecule is COc1ncc(C2CCCNC2)cc1CN1CCCCC1. The van der Waals surface area contributed by atoms with Crippen LogP contribution < -0.4 is 10.1 Å². The van der Waals surface area contributed by atoms with Gasteiger partial charge in [-0.25, -0.2) is 4.98 Å². The maximum atomic E-state index is 5.48. The van der Waals surface area contributed by atoms with Crippen LogP contribution in [-0.2, 0) is 6.54 Å². The Morgan fingerprint density at radius 1 is 1.29 bits per heavy atom. The highest BCUT2D eigenvalue weighted by Gasteiger charge is 2.19. The maximum Gasteiger partial charge on any atom is 0.217 e. The average Bonchev–Trinajstić information content (AvgIpc) is 2.56. The average molecular weight is 289 g/mol. The predicted octanol–water partition coefficient (Wildman–Crippen LogP) is 2.54. The van der Waals surface area contributed by atoms with Crippen molar-refractivity contribution in [1.82, 2.24) is 15.2 Å². The van der Waals surface area contributed by atoms with Gasteiger partial charge in [0.05, 0.1) is 7.11 Å². The molecule has 2 aliphatic rings. The summed E-state index contributed by atoms with van der Waals surface area (Å²) in [6, 6.07) is 2.33. The third-order valence-electron chi connectivity index (χ3n) is 4.75. The van der Waals surface area contributed by atoms with E-state index in [0.717, 1.165) is 25.5 Å². The van der Waals surface area contributed by atoms with Crippen molar-refractivity contribution in [3.05, 3.63) is 23.4 Å². The molecule has 1 aromatic heterocycles. The summed E-state index contributed by atoms with van der Waals surface area (Å²) < 4.78 is 5.48. The molecule has 116 valence electrons. The highest BCUT2D eigenvalue weighted by molar-refractivity contribution is 5.32. The second kappa shape index (κ2) is 7.23. The summed E-state index contributed by atoms with van der Waals surface area (Å²) in [6.07, 6.45) is 8.56. The standard InChI is InChI=1S/C17H27N3O/c1-21-17-16(13-20-8-3-2-4-9-20)10-15(12-19-17)14-6-5-7-18-11-14/h10,12,14,18H,2-9,11,13H2,1H3. The quantitative estimate of drug-likeness (QED) is 0.924. The number of hydrogen-bond donors (Lipinski definition) is 1. The molecule has 0 aliphatic carbocycles. The summed E-state index contributed by atoms with van der Waals surface area (Å²) in [5.74, 6) is 1.41. The van der Waals surface area contributed by atoms with Gasteiger partial charge in [-0.2, -0.15) is 0 Å². The number of pyridine rings is 1. The van der Waals surface area contributed by atoms with Crippen LogP contribution in [0.5, 0.6) is 5.88 Å². The van der Waals surface area contributed by atoms with E-state index in [1.54, 1.807) is 7.11 Å². The Hall–Kier alpha value is -1.13. The summed E-state index contributed by atoms with van der Waals surface area (Å²) in [6.45, 7) is 5.62. The Balaban J connectivity index is 1.75. The van der Waals surface area contributed by atoms with E-state index < -0.39 is 0 Å². The minimum absolute atomic E-state index is 0.609. The van der Waals surface area contributed by atoms with Crippen LogP contribution >= 0.6 is 0 Å². The van der Waals surface area contributed by atoms with Gasteiger partial charge in [0.25, 0.3) is 0 Å². The first-order valence-electron chi connectivity index (χ1n) is 8.32. The molecule has 1 N–H and O–H groups in total. The Bertz CT molecular complexity index is 451. The summed E-state index contributed by atoms with van der Waals surface area (Å²) in [5, 5.41) is 3.49. The zero-order valence-electron chi connectivity index (χ0n) is 13.1. The largest absolute Gasteiger partial charge is 0.481 e. The highest BCUT2D eigenvalue weighted by atomic mass is 16.5. The van der Waals surface area contributed by atoms with Crippen LogP contribution in [-0.4, -0.2) is 43.2 Å². The van der Waals surface area contributed by atoms with Gasteiger partial charge in [0.2, 0.25) is 5.88 Å². The van der Waals surface area contributed by atoms with Gasteiger partial charge in [0.1, 0.15) is 0 Å². The van der Waals surface area contributed by atoms with Crippen molar-refractivity contribution in [2.24, 2.45) is 0 Å². The number of piperidine rings is 2. The first-order chi connectivity index (χ1) is 10.4. The summed E-state index contributed by atoms with van der Waals surface area (Å²) in [7, 11) is 1.73. The number of hydrogen-bond acceptors (Lipinski definition) is 4. The molecule has 1 unspecified atom stereocenters. The van der Waals surface area contributed by atoms with Gasteiger partial charge in [-0.15, -0.1) is 0 Å². The molecule has 4 nitrogen and oxygen atoms in total. The van der Waals surface area contributed by atoms with Crippen molar-refractivity contribution in [2.75, 3.05) is 33.3 Å². The number of likely N-dealkylation sites (tertiary alicyclic amines) is 1. The van der Waals surface area contributed by atoms with Crippen molar-refractivity contribution in [1.29, 1.82) is 0 Å². The molecule has 0 amide bonds. The number of methoxy groups -OCH3 is 1. The molecular formula is C17H27N3O. The van der Waals surface area contributed by atoms with E-state index in [1.165, 1.54) is 56.3 Å². The third-order valence-corrected chi connectivity index (χ3v) is 4.75. The Labute approximate surface area is 127 Å². The fraction of sp³-hybridized carbons (Fsp3) is 0.706. The van der Waals surface area contributed by atoms with Crippen molar-refractivity contribution < 1.29 is 4.74 Å². The molecule has 2 fully saturated rings. The lowest BCUT2D eigenvalue weighted by molar-refractivity contribution is 0.217. The minimum Gasteiger partial charge on any atom is -0.481 e. The smallest absolute Gasteiger partial charge is 0.217 e. The molecule has 1 atom stereocenters. The Morgan fingerprint density at radius 2 is 2.14 bits per heavy atom. The molecule has 0 bridgehead atoms. The molecule has 0 aromatic carbocycles. The van der Waals surface area contributed by atoms with Crippen LogP contribution in [0.4, 0.5) is 0 Å². The molecule has 0 saturated carbocycles. The second-order valence-corrected chi connectivity index (χ2v) is 6.32. The van der Waals surface area contributed by atoms with Gasteiger partial charge in [-0.05, 0) is 62.9 Å².